The van der Waals surface area contributed by atoms with Crippen LogP contribution in [0.4, 0.5) is 4.39 Å². The molecule has 0 radical (unpaired) electrons. The number of hydrogen-bond acceptors (Lipinski definition) is 3. The van der Waals surface area contributed by atoms with E-state index in [1.54, 1.807) is 12.1 Å². The molecule has 4 nitrogen and oxygen atoms in total. The molecule has 0 saturated carbocycles. The minimum Gasteiger partial charge on any atom is -0.387 e. The molecule has 0 spiro atoms. The third-order valence-electron chi connectivity index (χ3n) is 5.44. The minimum absolute atomic E-state index is 0.239. The van der Waals surface area contributed by atoms with E-state index in [-0.39, 0.29) is 17.8 Å². The molecule has 0 aromatic heterocycles. The Bertz CT molecular complexity index is 563. The van der Waals surface area contributed by atoms with Crippen LogP contribution in [0.3, 0.4) is 0 Å². The molecule has 2 fully saturated rings. The average molecular weight is 334 g/mol. The van der Waals surface area contributed by atoms with E-state index >= 15 is 0 Å². The van der Waals surface area contributed by atoms with Crippen molar-refractivity contribution >= 4 is 5.91 Å². The molecule has 0 aliphatic carbocycles. The summed E-state index contributed by atoms with van der Waals surface area (Å²) >= 11 is 0. The van der Waals surface area contributed by atoms with E-state index in [0.29, 0.717) is 19.0 Å². The van der Waals surface area contributed by atoms with Gasteiger partial charge in [-0.2, -0.15) is 0 Å². The van der Waals surface area contributed by atoms with E-state index in [1.807, 2.05) is 11.8 Å². The molecule has 5 heteroatoms. The summed E-state index contributed by atoms with van der Waals surface area (Å²) in [7, 11) is 0. The van der Waals surface area contributed by atoms with Gasteiger partial charge in [-0.05, 0) is 49.9 Å². The van der Waals surface area contributed by atoms with Crippen LogP contribution in [0.1, 0.15) is 50.7 Å². The number of carbonyl (C=O) groups excluding carboxylic acids is 1. The second-order valence-electron chi connectivity index (χ2n) is 6.92. The third kappa shape index (κ3) is 3.62. The fourth-order valence-corrected chi connectivity index (χ4v) is 4.23. The zero-order valence-corrected chi connectivity index (χ0v) is 14.3. The zero-order valence-electron chi connectivity index (χ0n) is 14.3. The summed E-state index contributed by atoms with van der Waals surface area (Å²) < 4.78 is 13.0. The molecule has 1 amide bonds. The van der Waals surface area contributed by atoms with Gasteiger partial charge in [-0.25, -0.2) is 4.39 Å². The van der Waals surface area contributed by atoms with Gasteiger partial charge < -0.3 is 10.0 Å². The van der Waals surface area contributed by atoms with Crippen LogP contribution < -0.4 is 0 Å². The molecular formula is C19H27FN2O2. The van der Waals surface area contributed by atoms with Crippen LogP contribution in [-0.4, -0.2) is 52.5 Å². The van der Waals surface area contributed by atoms with Gasteiger partial charge in [-0.15, -0.1) is 0 Å². The second-order valence-corrected chi connectivity index (χ2v) is 6.92. The van der Waals surface area contributed by atoms with E-state index < -0.39 is 6.10 Å². The Morgan fingerprint density at radius 3 is 2.58 bits per heavy atom. The summed E-state index contributed by atoms with van der Waals surface area (Å²) in [6.07, 6.45) is 4.24. The van der Waals surface area contributed by atoms with Crippen LogP contribution >= 0.6 is 0 Å². The van der Waals surface area contributed by atoms with Gasteiger partial charge in [0.1, 0.15) is 5.82 Å². The van der Waals surface area contributed by atoms with Gasteiger partial charge in [-0.3, -0.25) is 9.69 Å². The van der Waals surface area contributed by atoms with Crippen LogP contribution in [0.25, 0.3) is 0 Å². The van der Waals surface area contributed by atoms with Crippen molar-refractivity contribution in [3.63, 3.8) is 0 Å². The summed E-state index contributed by atoms with van der Waals surface area (Å²) in [6.45, 7) is 4.28. The number of amides is 1. The molecule has 3 atom stereocenters. The Morgan fingerprint density at radius 2 is 1.88 bits per heavy atom. The molecule has 3 unspecified atom stereocenters. The van der Waals surface area contributed by atoms with Crippen molar-refractivity contribution in [1.29, 1.82) is 0 Å². The minimum atomic E-state index is -0.622. The van der Waals surface area contributed by atoms with Gasteiger partial charge >= 0.3 is 0 Å². The Balaban J connectivity index is 1.67. The molecule has 2 saturated heterocycles. The molecule has 2 aliphatic heterocycles. The maximum Gasteiger partial charge on any atom is 0.222 e. The van der Waals surface area contributed by atoms with Crippen LogP contribution in [0.5, 0.6) is 0 Å². The fourth-order valence-electron chi connectivity index (χ4n) is 4.23. The summed E-state index contributed by atoms with van der Waals surface area (Å²) in [5, 5.41) is 10.5. The third-order valence-corrected chi connectivity index (χ3v) is 5.44. The van der Waals surface area contributed by atoms with Gasteiger partial charge in [0.2, 0.25) is 5.91 Å². The Morgan fingerprint density at radius 1 is 1.21 bits per heavy atom. The highest BCUT2D eigenvalue weighted by Crippen LogP contribution is 2.31. The van der Waals surface area contributed by atoms with E-state index in [0.717, 1.165) is 44.3 Å². The number of hydrogen-bond donors (Lipinski definition) is 1. The fraction of sp³-hybridized carbons (Fsp3) is 0.632. The van der Waals surface area contributed by atoms with Crippen molar-refractivity contribution in [1.82, 2.24) is 9.80 Å². The maximum atomic E-state index is 13.0. The first-order valence-corrected chi connectivity index (χ1v) is 9.07. The van der Waals surface area contributed by atoms with Crippen molar-refractivity contribution in [3.05, 3.63) is 35.6 Å². The van der Waals surface area contributed by atoms with Gasteiger partial charge in [0.15, 0.2) is 0 Å². The van der Waals surface area contributed by atoms with Crippen LogP contribution in [0.15, 0.2) is 24.3 Å². The molecule has 1 N–H and O–H groups in total. The highest BCUT2D eigenvalue weighted by molar-refractivity contribution is 5.76. The predicted molar refractivity (Wildman–Crippen MR) is 91.0 cm³/mol. The molecular weight excluding hydrogens is 307 g/mol. The Labute approximate surface area is 143 Å². The number of β-amino-alcohol motifs (C(OH)–C–C–N with tert-alkyl or cyclic N) is 1. The number of likely N-dealkylation sites (tertiary alicyclic amines) is 2. The first-order chi connectivity index (χ1) is 11.6. The Kier molecular flexibility index (Phi) is 5.51. The number of rotatable bonds is 5. The number of aliphatic hydroxyl groups is 1. The molecule has 132 valence electrons. The Hall–Kier alpha value is -1.46. The van der Waals surface area contributed by atoms with Crippen LogP contribution in [0.2, 0.25) is 0 Å². The standard InChI is InChI=1S/C19H27FN2O2/c1-2-19(24)22-12-4-6-17(22)16-5-3-11-21(16)13-18(23)14-7-9-15(20)10-8-14/h7-10,16-18,23H,2-6,11-13H2,1H3. The summed E-state index contributed by atoms with van der Waals surface area (Å²) in [5.41, 5.74) is 0.745. The number of nitrogens with zero attached hydrogens (tertiary/aromatic N) is 2. The second kappa shape index (κ2) is 7.62. The lowest BCUT2D eigenvalue weighted by Crippen LogP contribution is -2.49. The highest BCUT2D eigenvalue weighted by atomic mass is 19.1. The first-order valence-electron chi connectivity index (χ1n) is 9.07. The molecule has 2 aliphatic rings. The lowest BCUT2D eigenvalue weighted by molar-refractivity contribution is -0.132. The molecule has 24 heavy (non-hydrogen) atoms. The molecule has 1 aromatic rings. The van der Waals surface area contributed by atoms with E-state index in [2.05, 4.69) is 4.90 Å². The lowest BCUT2D eigenvalue weighted by atomic mass is 10.0. The van der Waals surface area contributed by atoms with Crippen molar-refractivity contribution < 1.29 is 14.3 Å². The first kappa shape index (κ1) is 17.4. The van der Waals surface area contributed by atoms with Crippen molar-refractivity contribution in [2.24, 2.45) is 0 Å². The normalized spacial score (nSPS) is 26.0. The van der Waals surface area contributed by atoms with Crippen molar-refractivity contribution in [3.8, 4) is 0 Å². The molecule has 1 aromatic carbocycles. The smallest absolute Gasteiger partial charge is 0.222 e. The van der Waals surface area contributed by atoms with Crippen LogP contribution in [-0.2, 0) is 4.79 Å². The van der Waals surface area contributed by atoms with E-state index in [1.165, 1.54) is 12.1 Å². The number of aliphatic hydroxyl groups excluding tert-OH is 1. The SMILES string of the molecule is CCC(=O)N1CCCC1C1CCCN1CC(O)c1ccc(F)cc1. The lowest BCUT2D eigenvalue weighted by Gasteiger charge is -2.36. The molecule has 3 rings (SSSR count). The predicted octanol–water partition coefficient (Wildman–Crippen LogP) is 2.72. The average Bonchev–Trinajstić information content (AvgIpc) is 3.23. The number of benzene rings is 1. The van der Waals surface area contributed by atoms with Crippen molar-refractivity contribution in [2.45, 2.75) is 57.2 Å². The van der Waals surface area contributed by atoms with Crippen LogP contribution in [0, 0.1) is 5.82 Å². The van der Waals surface area contributed by atoms with E-state index in [9.17, 15) is 14.3 Å². The topological polar surface area (TPSA) is 43.8 Å². The number of carbonyl (C=O) groups is 1. The monoisotopic (exact) mass is 334 g/mol. The van der Waals surface area contributed by atoms with Gasteiger partial charge in [0, 0.05) is 31.6 Å². The van der Waals surface area contributed by atoms with Crippen molar-refractivity contribution in [2.75, 3.05) is 19.6 Å². The zero-order chi connectivity index (χ0) is 17.1. The maximum absolute atomic E-state index is 13.0. The van der Waals surface area contributed by atoms with E-state index in [4.69, 9.17) is 0 Å². The highest BCUT2D eigenvalue weighted by Gasteiger charge is 2.39. The van der Waals surface area contributed by atoms with Gasteiger partial charge in [0.25, 0.3) is 0 Å². The quantitative estimate of drug-likeness (QED) is 0.900. The van der Waals surface area contributed by atoms with Gasteiger partial charge in [0.05, 0.1) is 6.10 Å². The summed E-state index contributed by atoms with van der Waals surface area (Å²) in [5.74, 6) is -0.0480. The molecule has 0 bridgehead atoms. The summed E-state index contributed by atoms with van der Waals surface area (Å²) in [4.78, 5) is 16.6. The molecule has 2 heterocycles. The largest absolute Gasteiger partial charge is 0.387 e. The summed E-state index contributed by atoms with van der Waals surface area (Å²) in [6, 6.07) is 6.68. The number of halogens is 1. The van der Waals surface area contributed by atoms with Gasteiger partial charge in [-0.1, -0.05) is 19.1 Å².